The highest BCUT2D eigenvalue weighted by Crippen LogP contribution is 2.22. The van der Waals surface area contributed by atoms with Crippen LogP contribution in [0.2, 0.25) is 0 Å². The zero-order valence-electron chi connectivity index (χ0n) is 8.72. The smallest absolute Gasteiger partial charge is 0.404 e. The van der Waals surface area contributed by atoms with Crippen molar-refractivity contribution < 1.29 is 22.7 Å². The van der Waals surface area contributed by atoms with Crippen LogP contribution in [-0.4, -0.2) is 31.0 Å². The van der Waals surface area contributed by atoms with Crippen molar-refractivity contribution in [1.29, 1.82) is 0 Å². The van der Waals surface area contributed by atoms with Gasteiger partial charge in [-0.25, -0.2) is 4.79 Å². The van der Waals surface area contributed by atoms with E-state index in [9.17, 15) is 18.0 Å². The number of carbonyl (C=O) groups excluding carboxylic acids is 1. The maximum atomic E-state index is 11.9. The van der Waals surface area contributed by atoms with E-state index in [2.05, 4.69) is 5.32 Å². The number of amides is 1. The van der Waals surface area contributed by atoms with Crippen molar-refractivity contribution in [2.24, 2.45) is 5.73 Å². The van der Waals surface area contributed by atoms with Crippen molar-refractivity contribution in [2.45, 2.75) is 44.0 Å². The lowest BCUT2D eigenvalue weighted by Crippen LogP contribution is -2.41. The fraction of sp³-hybridized carbons (Fsp3) is 0.889. The summed E-state index contributed by atoms with van der Waals surface area (Å²) in [6, 6.07) is -0.158. The number of rotatable bonds is 3. The Kier molecular flexibility index (Phi) is 4.40. The van der Waals surface area contributed by atoms with Gasteiger partial charge in [0.25, 0.3) is 0 Å². The fourth-order valence-corrected chi connectivity index (χ4v) is 1.81. The number of primary amides is 1. The highest BCUT2D eigenvalue weighted by molar-refractivity contribution is 5.64. The zero-order chi connectivity index (χ0) is 12.2. The molecule has 0 radical (unpaired) electrons. The average molecular weight is 240 g/mol. The molecule has 16 heavy (non-hydrogen) atoms. The molecule has 0 aliphatic heterocycles. The van der Waals surface area contributed by atoms with Crippen molar-refractivity contribution in [2.75, 3.05) is 6.54 Å². The minimum atomic E-state index is -4.18. The van der Waals surface area contributed by atoms with Gasteiger partial charge >= 0.3 is 12.3 Å². The third-order valence-electron chi connectivity index (χ3n) is 2.55. The molecule has 1 amide bonds. The number of halogens is 3. The first-order valence-electron chi connectivity index (χ1n) is 5.13. The Morgan fingerprint density at radius 1 is 1.31 bits per heavy atom. The second-order valence-electron chi connectivity index (χ2n) is 3.91. The molecule has 1 saturated carbocycles. The first-order chi connectivity index (χ1) is 7.37. The van der Waals surface area contributed by atoms with Gasteiger partial charge in [-0.1, -0.05) is 0 Å². The number of nitrogens with two attached hydrogens (primary N) is 1. The second kappa shape index (κ2) is 5.38. The third-order valence-corrected chi connectivity index (χ3v) is 2.55. The normalized spacial score (nSPS) is 26.4. The highest BCUT2D eigenvalue weighted by atomic mass is 19.4. The summed E-state index contributed by atoms with van der Waals surface area (Å²) in [5.74, 6) is 0. The van der Waals surface area contributed by atoms with E-state index < -0.39 is 18.8 Å². The van der Waals surface area contributed by atoms with Crippen LogP contribution in [0.5, 0.6) is 0 Å². The van der Waals surface area contributed by atoms with Gasteiger partial charge in [-0.3, -0.25) is 0 Å². The molecule has 1 aliphatic carbocycles. The largest absolute Gasteiger partial charge is 0.446 e. The topological polar surface area (TPSA) is 64.4 Å². The molecule has 0 bridgehead atoms. The van der Waals surface area contributed by atoms with Crippen LogP contribution in [0, 0.1) is 0 Å². The molecule has 0 saturated heterocycles. The van der Waals surface area contributed by atoms with Crippen molar-refractivity contribution in [3.8, 4) is 0 Å². The lowest BCUT2D eigenvalue weighted by molar-refractivity contribution is -0.126. The van der Waals surface area contributed by atoms with E-state index in [1.165, 1.54) is 0 Å². The molecule has 4 nitrogen and oxygen atoms in total. The van der Waals surface area contributed by atoms with Gasteiger partial charge in [-0.15, -0.1) is 0 Å². The molecule has 0 atom stereocenters. The van der Waals surface area contributed by atoms with Gasteiger partial charge in [0, 0.05) is 6.04 Å². The van der Waals surface area contributed by atoms with Gasteiger partial charge in [0.15, 0.2) is 0 Å². The van der Waals surface area contributed by atoms with Gasteiger partial charge in [0.05, 0.1) is 6.54 Å². The molecule has 7 heteroatoms. The van der Waals surface area contributed by atoms with E-state index in [0.29, 0.717) is 25.7 Å². The molecule has 0 heterocycles. The van der Waals surface area contributed by atoms with Crippen LogP contribution in [-0.2, 0) is 4.74 Å². The van der Waals surface area contributed by atoms with Gasteiger partial charge in [0.2, 0.25) is 0 Å². The molecule has 0 aromatic rings. The molecule has 3 N–H and O–H groups in total. The maximum absolute atomic E-state index is 11.9. The third kappa shape index (κ3) is 5.20. The first kappa shape index (κ1) is 13.1. The quantitative estimate of drug-likeness (QED) is 0.786. The minimum Gasteiger partial charge on any atom is -0.446 e. The second-order valence-corrected chi connectivity index (χ2v) is 3.91. The van der Waals surface area contributed by atoms with E-state index in [0.717, 1.165) is 0 Å². The number of hydrogen-bond acceptors (Lipinski definition) is 3. The van der Waals surface area contributed by atoms with Gasteiger partial charge in [0.1, 0.15) is 6.10 Å². The highest BCUT2D eigenvalue weighted by Gasteiger charge is 2.30. The summed E-state index contributed by atoms with van der Waals surface area (Å²) < 4.78 is 40.5. The van der Waals surface area contributed by atoms with Crippen LogP contribution in [0.4, 0.5) is 18.0 Å². The van der Waals surface area contributed by atoms with E-state index in [1.807, 2.05) is 0 Å². The van der Waals surface area contributed by atoms with E-state index in [-0.39, 0.29) is 12.1 Å². The molecule has 0 aromatic carbocycles. The Morgan fingerprint density at radius 3 is 2.31 bits per heavy atom. The summed E-state index contributed by atoms with van der Waals surface area (Å²) >= 11 is 0. The SMILES string of the molecule is NC(=O)O[C@H]1CC[C@H](NCC(F)(F)F)CC1. The van der Waals surface area contributed by atoms with E-state index in [1.54, 1.807) is 0 Å². The molecular weight excluding hydrogens is 225 g/mol. The lowest BCUT2D eigenvalue weighted by atomic mass is 9.93. The molecular formula is C9H15F3N2O2. The summed E-state index contributed by atoms with van der Waals surface area (Å²) in [6.07, 6.45) is -3.02. The fourth-order valence-electron chi connectivity index (χ4n) is 1.81. The predicted octanol–water partition coefficient (Wildman–Crippen LogP) is 1.54. The number of nitrogens with one attached hydrogen (secondary N) is 1. The molecule has 94 valence electrons. The molecule has 0 aromatic heterocycles. The van der Waals surface area contributed by atoms with Crippen LogP contribution >= 0.6 is 0 Å². The average Bonchev–Trinajstić information content (AvgIpc) is 2.14. The van der Waals surface area contributed by atoms with Crippen LogP contribution < -0.4 is 11.1 Å². The Balaban J connectivity index is 2.19. The van der Waals surface area contributed by atoms with Crippen LogP contribution in [0.3, 0.4) is 0 Å². The molecule has 0 spiro atoms. The first-order valence-corrected chi connectivity index (χ1v) is 5.13. The van der Waals surface area contributed by atoms with Gasteiger partial charge in [-0.05, 0) is 25.7 Å². The van der Waals surface area contributed by atoms with E-state index >= 15 is 0 Å². The number of ether oxygens (including phenoxy) is 1. The summed E-state index contributed by atoms with van der Waals surface area (Å²) in [6.45, 7) is -0.973. The Bertz CT molecular complexity index is 237. The van der Waals surface area contributed by atoms with Crippen LogP contribution in [0.25, 0.3) is 0 Å². The number of carbonyl (C=O) groups is 1. The summed E-state index contributed by atoms with van der Waals surface area (Å²) in [4.78, 5) is 10.4. The number of hydrogen-bond donors (Lipinski definition) is 2. The molecule has 0 unspecified atom stereocenters. The summed E-state index contributed by atoms with van der Waals surface area (Å²) in [5, 5.41) is 2.44. The minimum absolute atomic E-state index is 0.158. The molecule has 1 aliphatic rings. The van der Waals surface area contributed by atoms with Crippen molar-refractivity contribution >= 4 is 6.09 Å². The van der Waals surface area contributed by atoms with Crippen LogP contribution in [0.1, 0.15) is 25.7 Å². The lowest BCUT2D eigenvalue weighted by Gasteiger charge is -2.28. The van der Waals surface area contributed by atoms with Crippen molar-refractivity contribution in [1.82, 2.24) is 5.32 Å². The van der Waals surface area contributed by atoms with Crippen molar-refractivity contribution in [3.63, 3.8) is 0 Å². The zero-order valence-corrected chi connectivity index (χ0v) is 8.72. The monoisotopic (exact) mass is 240 g/mol. The Hall–Kier alpha value is -0.980. The maximum Gasteiger partial charge on any atom is 0.404 e. The van der Waals surface area contributed by atoms with Crippen LogP contribution in [0.15, 0.2) is 0 Å². The van der Waals surface area contributed by atoms with E-state index in [4.69, 9.17) is 10.5 Å². The molecule has 1 fully saturated rings. The van der Waals surface area contributed by atoms with Gasteiger partial charge in [-0.2, -0.15) is 13.2 Å². The number of alkyl halides is 3. The van der Waals surface area contributed by atoms with Gasteiger partial charge < -0.3 is 15.8 Å². The Labute approximate surface area is 91.3 Å². The standard InChI is InChI=1S/C9H15F3N2O2/c10-9(11,12)5-14-6-1-3-7(4-2-6)16-8(13)15/h6-7,14H,1-5H2,(H2,13,15)/t6-,7-. The van der Waals surface area contributed by atoms with Crippen molar-refractivity contribution in [3.05, 3.63) is 0 Å². The summed E-state index contributed by atoms with van der Waals surface area (Å²) in [7, 11) is 0. The predicted molar refractivity (Wildman–Crippen MR) is 50.8 cm³/mol. The summed E-state index contributed by atoms with van der Waals surface area (Å²) in [5.41, 5.74) is 4.85. The Morgan fingerprint density at radius 2 is 1.88 bits per heavy atom. The molecule has 1 rings (SSSR count).